The van der Waals surface area contributed by atoms with Crippen LogP contribution in [0.1, 0.15) is 28.0 Å². The number of halogens is 3. The van der Waals surface area contributed by atoms with Crippen LogP contribution in [-0.2, 0) is 11.2 Å². The van der Waals surface area contributed by atoms with Crippen LogP contribution in [0, 0.1) is 0 Å². The number of ether oxygens (including phenoxy) is 1. The first-order chi connectivity index (χ1) is 14.5. The lowest BCUT2D eigenvalue weighted by Gasteiger charge is -2.28. The molecule has 1 aliphatic rings. The van der Waals surface area contributed by atoms with Crippen molar-refractivity contribution in [3.05, 3.63) is 34.3 Å². The standard InChI is InChI=1S/C16H13BF3N3O7S/c18-16(19,20)29-8-2-6-1-7(17(27)30-13(6)9(4-8)14(25)26)3-11(24)12(23-28)10-5-31-15(21)22-10/h2,4-5,7,27-28H,1,3H2,(H2,21,22)(H,25,26)/b23-12-/t7-/m1/s1. The first kappa shape index (κ1) is 22.4. The fourth-order valence-electron chi connectivity index (χ4n) is 3.06. The summed E-state index contributed by atoms with van der Waals surface area (Å²) in [7, 11) is -1.65. The van der Waals surface area contributed by atoms with Crippen LogP contribution in [0.5, 0.6) is 11.5 Å². The number of rotatable bonds is 6. The molecule has 2 aromatic rings. The molecule has 0 saturated heterocycles. The number of thiazole rings is 1. The average Bonchev–Trinajstić information content (AvgIpc) is 3.07. The van der Waals surface area contributed by atoms with Crippen molar-refractivity contribution in [3.8, 4) is 11.5 Å². The van der Waals surface area contributed by atoms with Crippen molar-refractivity contribution in [2.75, 3.05) is 5.73 Å². The monoisotopic (exact) mass is 459 g/mol. The van der Waals surface area contributed by atoms with E-state index in [1.165, 1.54) is 5.38 Å². The molecule has 0 radical (unpaired) electrons. The highest BCUT2D eigenvalue weighted by Crippen LogP contribution is 2.40. The third-order valence-electron chi connectivity index (χ3n) is 4.30. The van der Waals surface area contributed by atoms with Gasteiger partial charge in [0.05, 0.1) is 0 Å². The molecule has 31 heavy (non-hydrogen) atoms. The Morgan fingerprint density at radius 1 is 1.42 bits per heavy atom. The summed E-state index contributed by atoms with van der Waals surface area (Å²) in [5.41, 5.74) is 4.42. The maximum atomic E-state index is 12.6. The summed E-state index contributed by atoms with van der Waals surface area (Å²) in [5, 5.41) is 33.1. The number of carbonyl (C=O) groups excluding carboxylic acids is 1. The van der Waals surface area contributed by atoms with Gasteiger partial charge in [0, 0.05) is 17.6 Å². The highest BCUT2D eigenvalue weighted by Gasteiger charge is 2.40. The molecule has 0 amide bonds. The first-order valence-corrected chi connectivity index (χ1v) is 9.33. The molecule has 1 aromatic carbocycles. The van der Waals surface area contributed by atoms with Crippen LogP contribution in [0.15, 0.2) is 22.7 Å². The Morgan fingerprint density at radius 2 is 2.13 bits per heavy atom. The van der Waals surface area contributed by atoms with Crippen LogP contribution in [0.4, 0.5) is 18.3 Å². The number of carboxylic acid groups (broad SMARTS) is 1. The van der Waals surface area contributed by atoms with E-state index in [-0.39, 0.29) is 28.6 Å². The second-order valence-electron chi connectivity index (χ2n) is 6.43. The van der Waals surface area contributed by atoms with Crippen molar-refractivity contribution in [2.24, 2.45) is 5.16 Å². The van der Waals surface area contributed by atoms with Crippen LogP contribution in [0.3, 0.4) is 0 Å². The van der Waals surface area contributed by atoms with Gasteiger partial charge >= 0.3 is 19.5 Å². The first-order valence-electron chi connectivity index (χ1n) is 8.45. The Kier molecular flexibility index (Phi) is 6.08. The maximum absolute atomic E-state index is 12.6. The number of ketones is 1. The number of benzene rings is 1. The molecule has 0 spiro atoms. The highest BCUT2D eigenvalue weighted by molar-refractivity contribution is 7.13. The average molecular weight is 459 g/mol. The van der Waals surface area contributed by atoms with E-state index in [9.17, 15) is 32.9 Å². The summed E-state index contributed by atoms with van der Waals surface area (Å²) in [6.07, 6.45) is -5.71. The lowest BCUT2D eigenvalue weighted by molar-refractivity contribution is -0.274. The molecule has 0 aliphatic carbocycles. The lowest BCUT2D eigenvalue weighted by Crippen LogP contribution is -2.37. The normalized spacial score (nSPS) is 16.5. The number of nitrogen functional groups attached to an aromatic ring is 1. The van der Waals surface area contributed by atoms with Gasteiger partial charge in [-0.15, -0.1) is 24.5 Å². The zero-order valence-electron chi connectivity index (χ0n) is 15.3. The number of nitrogens with two attached hydrogens (primary N) is 1. The van der Waals surface area contributed by atoms with E-state index in [1.54, 1.807) is 0 Å². The van der Waals surface area contributed by atoms with E-state index in [1.807, 2.05) is 0 Å². The number of Topliss-reactive ketones (excluding diaryl/α,β-unsaturated/α-hetero) is 1. The Bertz CT molecular complexity index is 1060. The number of fused-ring (bicyclic) bond motifs is 1. The zero-order valence-corrected chi connectivity index (χ0v) is 16.1. The molecule has 5 N–H and O–H groups in total. The van der Waals surface area contributed by atoms with E-state index < -0.39 is 54.5 Å². The van der Waals surface area contributed by atoms with Gasteiger partial charge in [0.1, 0.15) is 22.8 Å². The summed E-state index contributed by atoms with van der Waals surface area (Å²) in [6.45, 7) is 0. The number of aromatic carboxylic acids is 1. The molecule has 10 nitrogen and oxygen atoms in total. The molecule has 3 rings (SSSR count). The van der Waals surface area contributed by atoms with Crippen molar-refractivity contribution in [1.29, 1.82) is 0 Å². The number of carbonyl (C=O) groups is 2. The van der Waals surface area contributed by atoms with Crippen molar-refractivity contribution in [2.45, 2.75) is 25.0 Å². The Morgan fingerprint density at radius 3 is 2.68 bits per heavy atom. The largest absolute Gasteiger partial charge is 0.573 e. The van der Waals surface area contributed by atoms with Gasteiger partial charge in [0.25, 0.3) is 0 Å². The Hall–Kier alpha value is -3.33. The number of nitrogens with zero attached hydrogens (tertiary/aromatic N) is 2. The van der Waals surface area contributed by atoms with Gasteiger partial charge in [-0.2, -0.15) is 0 Å². The minimum Gasteiger partial charge on any atom is -0.535 e. The van der Waals surface area contributed by atoms with Gasteiger partial charge in [0.15, 0.2) is 16.6 Å². The van der Waals surface area contributed by atoms with Gasteiger partial charge in [-0.1, -0.05) is 5.16 Å². The van der Waals surface area contributed by atoms with E-state index in [0.717, 1.165) is 17.4 Å². The third-order valence-corrected chi connectivity index (χ3v) is 4.98. The van der Waals surface area contributed by atoms with Crippen molar-refractivity contribution >= 4 is 41.1 Å². The van der Waals surface area contributed by atoms with Gasteiger partial charge < -0.3 is 30.5 Å². The Labute approximate surface area is 175 Å². The molecule has 15 heteroatoms. The SMILES string of the molecule is Nc1nc(/C(=N/O)C(=O)C[C@H]2Cc3cc(OC(F)(F)F)cc(C(=O)O)c3OB2O)cs1. The van der Waals surface area contributed by atoms with Crippen LogP contribution in [0.25, 0.3) is 0 Å². The molecule has 2 heterocycles. The zero-order chi connectivity index (χ0) is 22.9. The number of hydrogen-bond acceptors (Lipinski definition) is 10. The topological polar surface area (TPSA) is 165 Å². The van der Waals surface area contributed by atoms with Gasteiger partial charge in [-0.05, 0) is 24.1 Å². The van der Waals surface area contributed by atoms with Crippen LogP contribution >= 0.6 is 11.3 Å². The number of alkyl halides is 3. The molecular weight excluding hydrogens is 446 g/mol. The van der Waals surface area contributed by atoms with Gasteiger partial charge in [-0.3, -0.25) is 4.79 Å². The van der Waals surface area contributed by atoms with E-state index in [2.05, 4.69) is 14.9 Å². The molecule has 1 aliphatic heterocycles. The predicted molar refractivity (Wildman–Crippen MR) is 101 cm³/mol. The van der Waals surface area contributed by atoms with E-state index in [0.29, 0.717) is 6.07 Å². The van der Waals surface area contributed by atoms with Gasteiger partial charge in [0.2, 0.25) is 0 Å². The molecule has 0 unspecified atom stereocenters. The van der Waals surface area contributed by atoms with Crippen molar-refractivity contribution < 1.29 is 47.5 Å². The molecule has 1 aromatic heterocycles. The number of hydrogen-bond donors (Lipinski definition) is 4. The van der Waals surface area contributed by atoms with Crippen molar-refractivity contribution in [1.82, 2.24) is 4.98 Å². The smallest absolute Gasteiger partial charge is 0.535 e. The fourth-order valence-corrected chi connectivity index (χ4v) is 3.60. The summed E-state index contributed by atoms with van der Waals surface area (Å²) in [5.74, 6) is -4.45. The minimum absolute atomic E-state index is 0.00986. The fraction of sp³-hybridized carbons (Fsp3) is 0.250. The van der Waals surface area contributed by atoms with Crippen LogP contribution in [0.2, 0.25) is 5.82 Å². The number of aromatic nitrogens is 1. The Balaban J connectivity index is 1.87. The van der Waals surface area contributed by atoms with Crippen molar-refractivity contribution in [3.63, 3.8) is 0 Å². The summed E-state index contributed by atoms with van der Waals surface area (Å²) in [6, 6.07) is 1.54. The highest BCUT2D eigenvalue weighted by atomic mass is 32.1. The second kappa shape index (κ2) is 8.43. The molecule has 0 saturated carbocycles. The number of anilines is 1. The number of oxime groups is 1. The summed E-state index contributed by atoms with van der Waals surface area (Å²) >= 11 is 1.00. The lowest BCUT2D eigenvalue weighted by atomic mass is 9.64. The summed E-state index contributed by atoms with van der Waals surface area (Å²) in [4.78, 5) is 27.8. The number of carboxylic acids is 1. The van der Waals surface area contributed by atoms with Crippen LogP contribution in [-0.4, -0.2) is 51.3 Å². The van der Waals surface area contributed by atoms with E-state index in [4.69, 9.17) is 15.6 Å². The molecule has 0 bridgehead atoms. The molecule has 164 valence electrons. The molecule has 1 atom stereocenters. The predicted octanol–water partition coefficient (Wildman–Crippen LogP) is 1.95. The molecular formula is C16H13BF3N3O7S. The van der Waals surface area contributed by atoms with E-state index >= 15 is 0 Å². The van der Waals surface area contributed by atoms with Crippen LogP contribution < -0.4 is 15.1 Å². The maximum Gasteiger partial charge on any atom is 0.573 e. The summed E-state index contributed by atoms with van der Waals surface area (Å²) < 4.78 is 46.7. The molecule has 0 fully saturated rings. The second-order valence-corrected chi connectivity index (χ2v) is 7.32. The minimum atomic E-state index is -5.06. The third kappa shape index (κ3) is 5.06. The quantitative estimate of drug-likeness (QED) is 0.219. The van der Waals surface area contributed by atoms with Gasteiger partial charge in [-0.25, -0.2) is 9.78 Å².